The maximum absolute atomic E-state index is 13.3. The third-order valence-corrected chi connectivity index (χ3v) is 7.80. The molecule has 3 aromatic rings. The molecular weight excluding hydrogens is 473 g/mol. The van der Waals surface area contributed by atoms with Crippen molar-refractivity contribution in [3.63, 3.8) is 0 Å². The molecule has 3 aliphatic rings. The summed E-state index contributed by atoms with van der Waals surface area (Å²) in [5.74, 6) is 1.51. The van der Waals surface area contributed by atoms with Gasteiger partial charge in [-0.2, -0.15) is 13.2 Å². The second kappa shape index (κ2) is 8.94. The summed E-state index contributed by atoms with van der Waals surface area (Å²) in [6.45, 7) is 8.51. The molecule has 4 atom stereocenters. The zero-order valence-electron chi connectivity index (χ0n) is 20.1. The fourth-order valence-corrected chi connectivity index (χ4v) is 5.79. The number of rotatable bonds is 4. The van der Waals surface area contributed by atoms with E-state index in [1.807, 2.05) is 6.07 Å². The van der Waals surface area contributed by atoms with Gasteiger partial charge in [-0.15, -0.1) is 0 Å². The van der Waals surface area contributed by atoms with Gasteiger partial charge in [-0.3, -0.25) is 20.2 Å². The number of aromatic nitrogens is 4. The predicted octanol–water partition coefficient (Wildman–Crippen LogP) is 2.20. The van der Waals surface area contributed by atoms with Crippen molar-refractivity contribution in [2.24, 2.45) is 5.92 Å². The van der Waals surface area contributed by atoms with E-state index in [4.69, 9.17) is 9.72 Å². The van der Waals surface area contributed by atoms with Crippen LogP contribution in [0.5, 0.6) is 0 Å². The number of piperazine rings is 1. The van der Waals surface area contributed by atoms with Crippen molar-refractivity contribution in [3.8, 4) is 11.5 Å². The van der Waals surface area contributed by atoms with Crippen molar-refractivity contribution >= 4 is 11.5 Å². The van der Waals surface area contributed by atoms with Crippen LogP contribution in [0.15, 0.2) is 36.8 Å². The van der Waals surface area contributed by atoms with Crippen LogP contribution in [0.25, 0.3) is 17.2 Å². The fraction of sp³-hybridized carbons (Fsp3) is 0.542. The summed E-state index contributed by atoms with van der Waals surface area (Å²) in [6, 6.07) is 5.46. The number of ether oxygens (including phenoxy) is 1. The van der Waals surface area contributed by atoms with E-state index in [-0.39, 0.29) is 12.1 Å². The topological polar surface area (TPSA) is 82.8 Å². The Bertz CT molecular complexity index is 1250. The SMILES string of the molecule is CC1NNCC1[C@@H]1[C@@H](C)N(c2ccnc(-c3cnc4ccc(C(F)(F)F)cn34)n2)CCN1C1COC1. The van der Waals surface area contributed by atoms with Gasteiger partial charge in [0.15, 0.2) is 5.82 Å². The maximum Gasteiger partial charge on any atom is 0.417 e. The standard InChI is InChI=1S/C24H29F3N8O/c1-14-18(9-30-32-14)22-15(2)33(7-8-34(22)17-12-36-13-17)21-5-6-28-23(31-21)19-10-29-20-4-3-16(11-35(19)20)24(25,26)27/h3-6,10-11,14-15,17-18,22,30,32H,7-9,12-13H2,1-2H3/t14?,15-,18?,22+/m1/s1. The normalized spacial score (nSPS) is 28.1. The monoisotopic (exact) mass is 502 g/mol. The number of nitrogens with one attached hydrogen (secondary N) is 2. The minimum absolute atomic E-state index is 0.162. The smallest absolute Gasteiger partial charge is 0.378 e. The lowest BCUT2D eigenvalue weighted by molar-refractivity contribution is -0.137. The summed E-state index contributed by atoms with van der Waals surface area (Å²) in [4.78, 5) is 18.3. The Morgan fingerprint density at radius 3 is 2.61 bits per heavy atom. The summed E-state index contributed by atoms with van der Waals surface area (Å²) < 4.78 is 46.9. The highest BCUT2D eigenvalue weighted by molar-refractivity contribution is 5.59. The first-order valence-corrected chi connectivity index (χ1v) is 12.3. The molecule has 3 saturated heterocycles. The number of alkyl halides is 3. The van der Waals surface area contributed by atoms with Crippen LogP contribution in [0.1, 0.15) is 19.4 Å². The molecule has 36 heavy (non-hydrogen) atoms. The molecule has 9 nitrogen and oxygen atoms in total. The van der Waals surface area contributed by atoms with Gasteiger partial charge in [-0.05, 0) is 32.0 Å². The van der Waals surface area contributed by atoms with Crippen LogP contribution in [0, 0.1) is 5.92 Å². The minimum Gasteiger partial charge on any atom is -0.378 e. The van der Waals surface area contributed by atoms with E-state index in [1.54, 1.807) is 6.20 Å². The van der Waals surface area contributed by atoms with Crippen LogP contribution < -0.4 is 15.8 Å². The van der Waals surface area contributed by atoms with Crippen molar-refractivity contribution in [1.29, 1.82) is 0 Å². The lowest BCUT2D eigenvalue weighted by atomic mass is 9.84. The number of pyridine rings is 1. The molecule has 12 heteroatoms. The molecule has 0 bridgehead atoms. The summed E-state index contributed by atoms with van der Waals surface area (Å²) in [7, 11) is 0. The molecule has 6 rings (SSSR count). The Morgan fingerprint density at radius 1 is 1.08 bits per heavy atom. The van der Waals surface area contributed by atoms with E-state index < -0.39 is 11.7 Å². The number of imidazole rings is 1. The zero-order chi connectivity index (χ0) is 25.0. The third kappa shape index (κ3) is 4.01. The molecule has 0 aliphatic carbocycles. The highest BCUT2D eigenvalue weighted by Crippen LogP contribution is 2.34. The predicted molar refractivity (Wildman–Crippen MR) is 127 cm³/mol. The van der Waals surface area contributed by atoms with Crippen LogP contribution in [-0.2, 0) is 10.9 Å². The number of hydrogen-bond acceptors (Lipinski definition) is 8. The molecule has 3 aliphatic heterocycles. The molecule has 3 fully saturated rings. The molecule has 2 unspecified atom stereocenters. The van der Waals surface area contributed by atoms with Gasteiger partial charge in [0, 0.05) is 56.1 Å². The van der Waals surface area contributed by atoms with Crippen LogP contribution >= 0.6 is 0 Å². The minimum atomic E-state index is -4.45. The Hall–Kier alpha value is -2.80. The third-order valence-electron chi connectivity index (χ3n) is 7.80. The zero-order valence-corrected chi connectivity index (χ0v) is 20.1. The number of hydrazine groups is 1. The van der Waals surface area contributed by atoms with E-state index in [0.29, 0.717) is 35.2 Å². The van der Waals surface area contributed by atoms with Gasteiger partial charge in [-0.25, -0.2) is 15.0 Å². The number of anilines is 1. The molecule has 0 saturated carbocycles. The number of nitrogens with zero attached hydrogens (tertiary/aromatic N) is 6. The average Bonchev–Trinajstić information content (AvgIpc) is 3.43. The van der Waals surface area contributed by atoms with Crippen molar-refractivity contribution in [2.45, 2.75) is 44.2 Å². The van der Waals surface area contributed by atoms with Gasteiger partial charge in [0.05, 0.1) is 31.0 Å². The van der Waals surface area contributed by atoms with Gasteiger partial charge in [0.25, 0.3) is 0 Å². The van der Waals surface area contributed by atoms with Crippen molar-refractivity contribution in [3.05, 3.63) is 42.4 Å². The number of halogens is 3. The van der Waals surface area contributed by atoms with E-state index in [9.17, 15) is 13.2 Å². The van der Waals surface area contributed by atoms with Gasteiger partial charge in [-0.1, -0.05) is 0 Å². The highest BCUT2D eigenvalue weighted by atomic mass is 19.4. The van der Waals surface area contributed by atoms with Crippen molar-refractivity contribution < 1.29 is 17.9 Å². The van der Waals surface area contributed by atoms with Crippen LogP contribution in [0.2, 0.25) is 0 Å². The first kappa shape index (κ1) is 23.6. The molecule has 0 spiro atoms. The molecule has 0 aromatic carbocycles. The summed E-state index contributed by atoms with van der Waals surface area (Å²) in [6.07, 6.45) is -0.213. The quantitative estimate of drug-likeness (QED) is 0.562. The van der Waals surface area contributed by atoms with E-state index >= 15 is 0 Å². The van der Waals surface area contributed by atoms with Crippen molar-refractivity contribution in [1.82, 2.24) is 35.1 Å². The second-order valence-corrected chi connectivity index (χ2v) is 9.86. The Kier molecular flexibility index (Phi) is 5.86. The summed E-state index contributed by atoms with van der Waals surface area (Å²) in [5.41, 5.74) is 6.75. The molecule has 3 aromatic heterocycles. The number of fused-ring (bicyclic) bond motifs is 1. The van der Waals surface area contributed by atoms with E-state index in [2.05, 4.69) is 44.5 Å². The summed E-state index contributed by atoms with van der Waals surface area (Å²) >= 11 is 0. The lowest BCUT2D eigenvalue weighted by Gasteiger charge is -2.53. The largest absolute Gasteiger partial charge is 0.417 e. The molecule has 192 valence electrons. The lowest BCUT2D eigenvalue weighted by Crippen LogP contribution is -2.68. The second-order valence-electron chi connectivity index (χ2n) is 9.86. The van der Waals surface area contributed by atoms with Gasteiger partial charge >= 0.3 is 6.18 Å². The van der Waals surface area contributed by atoms with Gasteiger partial charge in [0.1, 0.15) is 17.2 Å². The Morgan fingerprint density at radius 2 is 1.92 bits per heavy atom. The molecule has 6 heterocycles. The van der Waals surface area contributed by atoms with E-state index in [0.717, 1.165) is 50.9 Å². The fourth-order valence-electron chi connectivity index (χ4n) is 5.79. The average molecular weight is 503 g/mol. The van der Waals surface area contributed by atoms with Gasteiger partial charge in [0.2, 0.25) is 0 Å². The molecule has 0 radical (unpaired) electrons. The van der Waals surface area contributed by atoms with Crippen LogP contribution in [0.3, 0.4) is 0 Å². The molecule has 0 amide bonds. The Balaban J connectivity index is 1.33. The summed E-state index contributed by atoms with van der Waals surface area (Å²) in [5, 5.41) is 0. The number of hydrogen-bond donors (Lipinski definition) is 2. The first-order valence-electron chi connectivity index (χ1n) is 12.3. The van der Waals surface area contributed by atoms with Crippen molar-refractivity contribution in [2.75, 3.05) is 37.7 Å². The first-order chi connectivity index (χ1) is 17.3. The van der Waals surface area contributed by atoms with Crippen LogP contribution in [0.4, 0.5) is 19.0 Å². The Labute approximate surface area is 206 Å². The molecule has 2 N–H and O–H groups in total. The van der Waals surface area contributed by atoms with E-state index in [1.165, 1.54) is 16.7 Å². The maximum atomic E-state index is 13.3. The molecular formula is C24H29F3N8O. The van der Waals surface area contributed by atoms with Crippen LogP contribution in [-0.4, -0.2) is 81.3 Å². The van der Waals surface area contributed by atoms with Gasteiger partial charge < -0.3 is 9.64 Å². The highest BCUT2D eigenvalue weighted by Gasteiger charge is 2.46.